The van der Waals surface area contributed by atoms with Crippen molar-refractivity contribution < 1.29 is 13.9 Å². The largest absolute Gasteiger partial charge is 0.496 e. The third kappa shape index (κ3) is 1.99. The van der Waals surface area contributed by atoms with E-state index < -0.39 is 0 Å². The molecule has 0 unspecified atom stereocenters. The number of anilines is 1. The number of hydrogen-bond donors (Lipinski definition) is 1. The zero-order chi connectivity index (χ0) is 12.4. The fourth-order valence-electron chi connectivity index (χ4n) is 1.60. The van der Waals surface area contributed by atoms with Gasteiger partial charge in [-0.2, -0.15) is 4.98 Å². The van der Waals surface area contributed by atoms with E-state index in [0.717, 1.165) is 0 Å². The molecule has 2 N–H and O–H groups in total. The molecule has 5 heteroatoms. The fourth-order valence-corrected chi connectivity index (χ4v) is 1.60. The van der Waals surface area contributed by atoms with Crippen molar-refractivity contribution in [3.63, 3.8) is 0 Å². The number of Topliss-reactive ketones (excluding diaryl/α,β-unsaturated/α-hetero) is 1. The minimum Gasteiger partial charge on any atom is -0.496 e. The molecule has 0 spiro atoms. The highest BCUT2D eigenvalue weighted by molar-refractivity contribution is 5.98. The van der Waals surface area contributed by atoms with Crippen LogP contribution in [-0.2, 0) is 0 Å². The Morgan fingerprint density at radius 1 is 1.41 bits per heavy atom. The standard InChI is InChI=1S/C12H12N2O3/c1-7(15)11-10(14-12(13)17-11)8-5-3-4-6-9(8)16-2/h3-6H,1-2H3,(H2,13,14). The van der Waals surface area contributed by atoms with Crippen LogP contribution in [0.4, 0.5) is 6.01 Å². The Balaban J connectivity index is 2.63. The van der Waals surface area contributed by atoms with Gasteiger partial charge in [-0.3, -0.25) is 4.79 Å². The molecule has 0 fully saturated rings. The lowest BCUT2D eigenvalue weighted by atomic mass is 10.1. The zero-order valence-electron chi connectivity index (χ0n) is 9.56. The number of oxazole rings is 1. The molecule has 0 amide bonds. The van der Waals surface area contributed by atoms with Crippen LogP contribution in [0.1, 0.15) is 17.5 Å². The molecule has 0 radical (unpaired) electrons. The van der Waals surface area contributed by atoms with E-state index in [4.69, 9.17) is 14.9 Å². The molecule has 1 aromatic heterocycles. The summed E-state index contributed by atoms with van der Waals surface area (Å²) in [6.45, 7) is 1.40. The van der Waals surface area contributed by atoms with Crippen LogP contribution in [0.2, 0.25) is 0 Å². The van der Waals surface area contributed by atoms with Crippen molar-refractivity contribution in [1.82, 2.24) is 4.98 Å². The van der Waals surface area contributed by atoms with Gasteiger partial charge in [-0.15, -0.1) is 0 Å². The Morgan fingerprint density at radius 3 is 2.76 bits per heavy atom. The number of rotatable bonds is 3. The van der Waals surface area contributed by atoms with Crippen molar-refractivity contribution >= 4 is 11.8 Å². The lowest BCUT2D eigenvalue weighted by molar-refractivity contribution is 0.0989. The Kier molecular flexibility index (Phi) is 2.82. The summed E-state index contributed by atoms with van der Waals surface area (Å²) in [7, 11) is 1.55. The van der Waals surface area contributed by atoms with Gasteiger partial charge in [0.15, 0.2) is 11.5 Å². The topological polar surface area (TPSA) is 78.3 Å². The molecular weight excluding hydrogens is 220 g/mol. The average Bonchev–Trinajstić information content (AvgIpc) is 2.71. The normalized spacial score (nSPS) is 10.2. The predicted octanol–water partition coefficient (Wildman–Crippen LogP) is 2.13. The SMILES string of the molecule is COc1ccccc1-c1nc(N)oc1C(C)=O. The van der Waals surface area contributed by atoms with Gasteiger partial charge in [0.2, 0.25) is 0 Å². The van der Waals surface area contributed by atoms with Crippen molar-refractivity contribution in [2.75, 3.05) is 12.8 Å². The summed E-state index contributed by atoms with van der Waals surface area (Å²) in [6, 6.07) is 7.20. The number of carbonyl (C=O) groups is 1. The second-order valence-corrected chi connectivity index (χ2v) is 3.49. The van der Waals surface area contributed by atoms with Gasteiger partial charge in [-0.25, -0.2) is 0 Å². The molecule has 1 heterocycles. The van der Waals surface area contributed by atoms with Gasteiger partial charge in [0, 0.05) is 12.5 Å². The molecular formula is C12H12N2O3. The summed E-state index contributed by atoms with van der Waals surface area (Å²) in [5.74, 6) is 0.533. The van der Waals surface area contributed by atoms with Crippen LogP contribution >= 0.6 is 0 Å². The maximum absolute atomic E-state index is 11.4. The van der Waals surface area contributed by atoms with E-state index in [1.165, 1.54) is 6.92 Å². The molecule has 5 nitrogen and oxygen atoms in total. The maximum Gasteiger partial charge on any atom is 0.293 e. The molecule has 88 valence electrons. The summed E-state index contributed by atoms with van der Waals surface area (Å²) < 4.78 is 10.3. The fraction of sp³-hybridized carbons (Fsp3) is 0.167. The molecule has 0 aliphatic heterocycles. The first-order valence-corrected chi connectivity index (χ1v) is 5.04. The number of para-hydroxylation sites is 1. The molecule has 0 aliphatic carbocycles. The Hall–Kier alpha value is -2.30. The number of ketones is 1. The molecule has 2 aromatic rings. The van der Waals surface area contributed by atoms with Crippen LogP contribution in [-0.4, -0.2) is 17.9 Å². The number of hydrogen-bond acceptors (Lipinski definition) is 5. The average molecular weight is 232 g/mol. The molecule has 0 saturated heterocycles. The maximum atomic E-state index is 11.4. The number of aromatic nitrogens is 1. The van der Waals surface area contributed by atoms with Crippen LogP contribution in [0.25, 0.3) is 11.3 Å². The third-order valence-corrected chi connectivity index (χ3v) is 2.33. The van der Waals surface area contributed by atoms with Gasteiger partial charge in [-0.1, -0.05) is 12.1 Å². The zero-order valence-corrected chi connectivity index (χ0v) is 9.56. The van der Waals surface area contributed by atoms with E-state index in [2.05, 4.69) is 4.98 Å². The first-order chi connectivity index (χ1) is 8.13. The first kappa shape index (κ1) is 11.2. The van der Waals surface area contributed by atoms with Crippen LogP contribution in [0, 0.1) is 0 Å². The van der Waals surface area contributed by atoms with Gasteiger partial charge in [0.25, 0.3) is 6.01 Å². The number of methoxy groups -OCH3 is 1. The second-order valence-electron chi connectivity index (χ2n) is 3.49. The van der Waals surface area contributed by atoms with Gasteiger partial charge in [-0.05, 0) is 12.1 Å². The smallest absolute Gasteiger partial charge is 0.293 e. The van der Waals surface area contributed by atoms with E-state index in [1.807, 2.05) is 12.1 Å². The quantitative estimate of drug-likeness (QED) is 0.820. The summed E-state index contributed by atoms with van der Waals surface area (Å²) in [4.78, 5) is 15.4. The van der Waals surface area contributed by atoms with E-state index in [9.17, 15) is 4.79 Å². The van der Waals surface area contributed by atoms with E-state index in [0.29, 0.717) is 17.0 Å². The number of nitrogens with zero attached hydrogens (tertiary/aromatic N) is 1. The van der Waals surface area contributed by atoms with Gasteiger partial charge < -0.3 is 14.9 Å². The summed E-state index contributed by atoms with van der Waals surface area (Å²) in [5, 5.41) is 0. The van der Waals surface area contributed by atoms with E-state index in [-0.39, 0.29) is 17.6 Å². The number of nitrogen functional groups attached to an aromatic ring is 1. The van der Waals surface area contributed by atoms with Crippen molar-refractivity contribution in [1.29, 1.82) is 0 Å². The summed E-state index contributed by atoms with van der Waals surface area (Å²) in [5.41, 5.74) is 6.57. The van der Waals surface area contributed by atoms with Crippen molar-refractivity contribution in [3.8, 4) is 17.0 Å². The van der Waals surface area contributed by atoms with Crippen LogP contribution < -0.4 is 10.5 Å². The highest BCUT2D eigenvalue weighted by Gasteiger charge is 2.19. The first-order valence-electron chi connectivity index (χ1n) is 5.04. The van der Waals surface area contributed by atoms with Gasteiger partial charge in [0.05, 0.1) is 7.11 Å². The lowest BCUT2D eigenvalue weighted by Crippen LogP contribution is -1.95. The minimum atomic E-state index is -0.227. The van der Waals surface area contributed by atoms with E-state index >= 15 is 0 Å². The molecule has 2 rings (SSSR count). The monoisotopic (exact) mass is 232 g/mol. The van der Waals surface area contributed by atoms with Crippen LogP contribution in [0.15, 0.2) is 28.7 Å². The van der Waals surface area contributed by atoms with Gasteiger partial charge in [0.1, 0.15) is 11.4 Å². The number of benzene rings is 1. The Bertz CT molecular complexity index is 561. The van der Waals surface area contributed by atoms with Crippen LogP contribution in [0.3, 0.4) is 0 Å². The Labute approximate surface area is 98.2 Å². The number of nitrogens with two attached hydrogens (primary N) is 1. The highest BCUT2D eigenvalue weighted by Crippen LogP contribution is 2.32. The molecule has 0 aliphatic rings. The summed E-state index contributed by atoms with van der Waals surface area (Å²) in [6.07, 6.45) is 0. The van der Waals surface area contributed by atoms with Gasteiger partial charge >= 0.3 is 0 Å². The summed E-state index contributed by atoms with van der Waals surface area (Å²) >= 11 is 0. The lowest BCUT2D eigenvalue weighted by Gasteiger charge is -2.05. The molecule has 0 saturated carbocycles. The minimum absolute atomic E-state index is 0.0314. The number of ether oxygens (including phenoxy) is 1. The van der Waals surface area contributed by atoms with Crippen molar-refractivity contribution in [3.05, 3.63) is 30.0 Å². The molecule has 1 aromatic carbocycles. The van der Waals surface area contributed by atoms with Crippen molar-refractivity contribution in [2.24, 2.45) is 0 Å². The molecule has 0 atom stereocenters. The predicted molar refractivity (Wildman–Crippen MR) is 62.9 cm³/mol. The molecule has 0 bridgehead atoms. The Morgan fingerprint density at radius 2 is 2.12 bits per heavy atom. The van der Waals surface area contributed by atoms with E-state index in [1.54, 1.807) is 19.2 Å². The van der Waals surface area contributed by atoms with Crippen molar-refractivity contribution in [2.45, 2.75) is 6.92 Å². The third-order valence-electron chi connectivity index (χ3n) is 2.33. The highest BCUT2D eigenvalue weighted by atomic mass is 16.5. The van der Waals surface area contributed by atoms with Crippen LogP contribution in [0.5, 0.6) is 5.75 Å². The number of carbonyl (C=O) groups excluding carboxylic acids is 1. The second kappa shape index (κ2) is 4.29. The molecule has 17 heavy (non-hydrogen) atoms.